The van der Waals surface area contributed by atoms with Crippen LogP contribution in [-0.4, -0.2) is 86.2 Å². The molecule has 0 aromatic rings. The number of methoxy groups -OCH3 is 2. The van der Waals surface area contributed by atoms with Gasteiger partial charge in [-0.15, -0.1) is 0 Å². The van der Waals surface area contributed by atoms with E-state index in [4.69, 9.17) is 25.2 Å². The fourth-order valence-electron chi connectivity index (χ4n) is 1.98. The molecule has 0 aliphatic carbocycles. The molecule has 9 nitrogen and oxygen atoms in total. The molecule has 1 heterocycles. The number of ether oxygens (including phenoxy) is 3. The van der Waals surface area contributed by atoms with Gasteiger partial charge in [0.05, 0.1) is 20.8 Å². The summed E-state index contributed by atoms with van der Waals surface area (Å²) in [6.07, 6.45) is 1.11. The quantitative estimate of drug-likeness (QED) is 0.251. The minimum absolute atomic E-state index is 0.00699. The Morgan fingerprint density at radius 3 is 1.78 bits per heavy atom. The summed E-state index contributed by atoms with van der Waals surface area (Å²) >= 11 is 0. The topological polar surface area (TPSA) is 146 Å². The van der Waals surface area contributed by atoms with Crippen molar-refractivity contribution in [2.75, 3.05) is 48.3 Å². The number of carbonyl (C=O) groups excluding carboxylic acids is 2. The first-order chi connectivity index (χ1) is 12.8. The van der Waals surface area contributed by atoms with Gasteiger partial charge in [0.1, 0.15) is 0 Å². The molecule has 4 N–H and O–H groups in total. The maximum absolute atomic E-state index is 11.2. The Bertz CT molecular complexity index is 406. The van der Waals surface area contributed by atoms with Crippen LogP contribution in [0.2, 0.25) is 0 Å². The molecule has 1 aliphatic heterocycles. The van der Waals surface area contributed by atoms with E-state index in [1.165, 1.54) is 14.2 Å². The Kier molecular flexibility index (Phi) is 20.0. The molecule has 9 heteroatoms. The smallest absolute Gasteiger partial charge is 0.340 e. The van der Waals surface area contributed by atoms with Crippen LogP contribution < -0.4 is 0 Å². The lowest BCUT2D eigenvalue weighted by Crippen LogP contribution is -2.33. The SMILES string of the molecule is C=C(C(=O)OC)[C@H](C)CCO.CO.CO.COC(=O)[C@]1([C@H](C)CCO)CO1. The minimum atomic E-state index is -0.752. The van der Waals surface area contributed by atoms with Crippen molar-refractivity contribution in [3.05, 3.63) is 12.2 Å². The van der Waals surface area contributed by atoms with Gasteiger partial charge in [0.25, 0.3) is 0 Å². The predicted molar refractivity (Wildman–Crippen MR) is 99.9 cm³/mol. The first-order valence-electron chi connectivity index (χ1n) is 8.41. The molecule has 1 saturated heterocycles. The van der Waals surface area contributed by atoms with Gasteiger partial charge < -0.3 is 34.6 Å². The molecular weight excluding hydrogens is 360 g/mol. The summed E-state index contributed by atoms with van der Waals surface area (Å²) in [6, 6.07) is 0. The molecule has 162 valence electrons. The number of rotatable bonds is 8. The summed E-state index contributed by atoms with van der Waals surface area (Å²) in [5.74, 6) is -0.711. The zero-order valence-corrected chi connectivity index (χ0v) is 17.2. The van der Waals surface area contributed by atoms with Crippen LogP contribution in [0.4, 0.5) is 0 Å². The maximum Gasteiger partial charge on any atom is 0.340 e. The summed E-state index contributed by atoms with van der Waals surface area (Å²) in [7, 11) is 4.66. The van der Waals surface area contributed by atoms with Crippen LogP contribution in [0.1, 0.15) is 26.7 Å². The second-order valence-corrected chi connectivity index (χ2v) is 5.51. The lowest BCUT2D eigenvalue weighted by atomic mass is 9.92. The molecule has 0 amide bonds. The van der Waals surface area contributed by atoms with Gasteiger partial charge in [-0.1, -0.05) is 20.4 Å². The number of aliphatic hydroxyl groups excluding tert-OH is 4. The van der Waals surface area contributed by atoms with Gasteiger partial charge in [-0.25, -0.2) is 9.59 Å². The number of epoxide rings is 1. The normalized spacial score (nSPS) is 18.6. The monoisotopic (exact) mass is 396 g/mol. The Hall–Kier alpha value is -1.52. The fraction of sp³-hybridized carbons (Fsp3) is 0.778. The molecule has 27 heavy (non-hydrogen) atoms. The van der Waals surface area contributed by atoms with Crippen molar-refractivity contribution in [3.8, 4) is 0 Å². The van der Waals surface area contributed by atoms with Gasteiger partial charge in [0.2, 0.25) is 0 Å². The van der Waals surface area contributed by atoms with Gasteiger partial charge in [-0.05, 0) is 18.8 Å². The Labute approximate surface area is 161 Å². The van der Waals surface area contributed by atoms with Crippen molar-refractivity contribution < 1.29 is 44.2 Å². The molecule has 1 rings (SSSR count). The number of carbonyl (C=O) groups is 2. The molecule has 0 bridgehead atoms. The Balaban J connectivity index is -0.000000361. The lowest BCUT2D eigenvalue weighted by Gasteiger charge is -2.16. The number of aliphatic hydroxyl groups is 4. The van der Waals surface area contributed by atoms with Crippen LogP contribution in [-0.2, 0) is 23.8 Å². The molecule has 0 saturated carbocycles. The Morgan fingerprint density at radius 1 is 1.04 bits per heavy atom. The minimum Gasteiger partial charge on any atom is -0.467 e. The molecule has 0 unspecified atom stereocenters. The number of hydrogen-bond acceptors (Lipinski definition) is 9. The van der Waals surface area contributed by atoms with Crippen molar-refractivity contribution in [2.24, 2.45) is 11.8 Å². The molecule has 3 atom stereocenters. The van der Waals surface area contributed by atoms with E-state index < -0.39 is 11.6 Å². The summed E-state index contributed by atoms with van der Waals surface area (Å²) in [5.41, 5.74) is -0.334. The largest absolute Gasteiger partial charge is 0.467 e. The molecular formula is C18H36O9. The third kappa shape index (κ3) is 11.0. The van der Waals surface area contributed by atoms with Crippen LogP contribution in [0.3, 0.4) is 0 Å². The zero-order chi connectivity index (χ0) is 22.0. The van der Waals surface area contributed by atoms with Crippen molar-refractivity contribution in [2.45, 2.75) is 32.3 Å². The van der Waals surface area contributed by atoms with E-state index in [1.807, 2.05) is 13.8 Å². The summed E-state index contributed by atoms with van der Waals surface area (Å²) in [6.45, 7) is 7.82. The van der Waals surface area contributed by atoms with Gasteiger partial charge >= 0.3 is 11.9 Å². The van der Waals surface area contributed by atoms with E-state index in [0.717, 1.165) is 14.2 Å². The van der Waals surface area contributed by atoms with E-state index in [2.05, 4.69) is 16.1 Å². The highest BCUT2D eigenvalue weighted by molar-refractivity contribution is 5.88. The first-order valence-corrected chi connectivity index (χ1v) is 8.41. The van der Waals surface area contributed by atoms with E-state index in [-0.39, 0.29) is 31.0 Å². The van der Waals surface area contributed by atoms with Crippen LogP contribution in [0.25, 0.3) is 0 Å². The van der Waals surface area contributed by atoms with Crippen LogP contribution in [0.15, 0.2) is 12.2 Å². The standard InChI is InChI=1S/C8H14O4.C8H14O3.2CH4O/c1-6(3-4-9)8(5-12-8)7(10)11-2;1-6(4-5-9)7(2)8(10)11-3;2*1-2/h6,9H,3-5H2,1-2H3;6,9H,2,4-5H2,1,3H3;2*2H,1H3/t6-,8-;6-;;/m11../s1. The van der Waals surface area contributed by atoms with E-state index in [1.54, 1.807) is 0 Å². The highest BCUT2D eigenvalue weighted by Crippen LogP contribution is 2.38. The third-order valence-corrected chi connectivity index (χ3v) is 3.95. The molecule has 0 spiro atoms. The average molecular weight is 396 g/mol. The van der Waals surface area contributed by atoms with Crippen LogP contribution in [0, 0.1) is 11.8 Å². The lowest BCUT2D eigenvalue weighted by molar-refractivity contribution is -0.149. The van der Waals surface area contributed by atoms with Crippen molar-refractivity contribution >= 4 is 11.9 Å². The Morgan fingerprint density at radius 2 is 1.48 bits per heavy atom. The molecule has 0 radical (unpaired) electrons. The second kappa shape index (κ2) is 17.9. The highest BCUT2D eigenvalue weighted by atomic mass is 16.6. The average Bonchev–Trinajstić information content (AvgIpc) is 3.52. The van der Waals surface area contributed by atoms with E-state index in [9.17, 15) is 9.59 Å². The number of hydrogen-bond donors (Lipinski definition) is 4. The van der Waals surface area contributed by atoms with Gasteiger partial charge in [-0.3, -0.25) is 0 Å². The molecule has 0 aromatic heterocycles. The van der Waals surface area contributed by atoms with Gasteiger partial charge in [-0.2, -0.15) is 0 Å². The first kappa shape index (κ1) is 30.2. The van der Waals surface area contributed by atoms with Crippen LogP contribution in [0.5, 0.6) is 0 Å². The fourth-order valence-corrected chi connectivity index (χ4v) is 1.98. The van der Waals surface area contributed by atoms with Gasteiger partial charge in [0.15, 0.2) is 5.60 Å². The maximum atomic E-state index is 11.2. The molecule has 1 aliphatic rings. The summed E-state index contributed by atoms with van der Waals surface area (Å²) in [5, 5.41) is 31.2. The van der Waals surface area contributed by atoms with E-state index >= 15 is 0 Å². The molecule has 1 fully saturated rings. The van der Waals surface area contributed by atoms with Crippen molar-refractivity contribution in [1.29, 1.82) is 0 Å². The van der Waals surface area contributed by atoms with E-state index in [0.29, 0.717) is 25.0 Å². The van der Waals surface area contributed by atoms with Crippen molar-refractivity contribution in [1.82, 2.24) is 0 Å². The zero-order valence-electron chi connectivity index (χ0n) is 17.2. The summed E-state index contributed by atoms with van der Waals surface area (Å²) < 4.78 is 14.1. The third-order valence-electron chi connectivity index (χ3n) is 3.95. The summed E-state index contributed by atoms with van der Waals surface area (Å²) in [4.78, 5) is 22.0. The van der Waals surface area contributed by atoms with Gasteiger partial charge in [0, 0.05) is 38.9 Å². The highest BCUT2D eigenvalue weighted by Gasteiger charge is 2.57. The van der Waals surface area contributed by atoms with Crippen LogP contribution >= 0.6 is 0 Å². The second-order valence-electron chi connectivity index (χ2n) is 5.51. The molecule has 0 aromatic carbocycles. The number of esters is 2. The predicted octanol–water partition coefficient (Wildman–Crippen LogP) is -0.102. The van der Waals surface area contributed by atoms with Crippen molar-refractivity contribution in [3.63, 3.8) is 0 Å².